The van der Waals surface area contributed by atoms with E-state index in [-0.39, 0.29) is 0 Å². The second-order valence-electron chi connectivity index (χ2n) is 3.72. The van der Waals surface area contributed by atoms with Gasteiger partial charge in [0.25, 0.3) is 0 Å². The molecule has 1 atom stereocenters. The van der Waals surface area contributed by atoms with Crippen LogP contribution >= 0.6 is 0 Å². The highest BCUT2D eigenvalue weighted by molar-refractivity contribution is 5.78. The van der Waals surface area contributed by atoms with E-state index in [1.807, 2.05) is 11.9 Å². The van der Waals surface area contributed by atoms with Gasteiger partial charge < -0.3 is 10.2 Å². The summed E-state index contributed by atoms with van der Waals surface area (Å²) in [6.45, 7) is 4.03. The maximum absolute atomic E-state index is 11.3. The molecule has 1 N–H and O–H groups in total. The SMILES string of the molecule is CCCC(CN1CCCC1=O)NC. The minimum atomic E-state index is 0.330. The molecule has 1 aliphatic heterocycles. The normalized spacial score (nSPS) is 19.5. The van der Waals surface area contributed by atoms with Crippen LogP contribution in [0.15, 0.2) is 0 Å². The first-order valence-corrected chi connectivity index (χ1v) is 5.23. The molecule has 0 aliphatic carbocycles. The minimum absolute atomic E-state index is 0.330. The number of carbonyl (C=O) groups excluding carboxylic acids is 1. The Hall–Kier alpha value is -0.570. The third-order valence-electron chi connectivity index (χ3n) is 2.66. The summed E-state index contributed by atoms with van der Waals surface area (Å²) in [5, 5.41) is 3.26. The minimum Gasteiger partial charge on any atom is -0.341 e. The number of carbonyl (C=O) groups is 1. The van der Waals surface area contributed by atoms with E-state index in [1.165, 1.54) is 6.42 Å². The lowest BCUT2D eigenvalue weighted by Crippen LogP contribution is -2.39. The van der Waals surface area contributed by atoms with Crippen molar-refractivity contribution in [3.8, 4) is 0 Å². The number of hydrogen-bond donors (Lipinski definition) is 1. The monoisotopic (exact) mass is 184 g/mol. The van der Waals surface area contributed by atoms with Gasteiger partial charge in [0.2, 0.25) is 5.91 Å². The van der Waals surface area contributed by atoms with Gasteiger partial charge in [-0.2, -0.15) is 0 Å². The van der Waals surface area contributed by atoms with Crippen LogP contribution < -0.4 is 5.32 Å². The van der Waals surface area contributed by atoms with Crippen molar-refractivity contribution >= 4 is 5.91 Å². The summed E-state index contributed by atoms with van der Waals surface area (Å²) < 4.78 is 0. The van der Waals surface area contributed by atoms with Crippen molar-refractivity contribution in [1.29, 1.82) is 0 Å². The number of amides is 1. The van der Waals surface area contributed by atoms with Crippen LogP contribution in [0.3, 0.4) is 0 Å². The molecule has 3 nitrogen and oxygen atoms in total. The number of likely N-dealkylation sites (tertiary alicyclic amines) is 1. The highest BCUT2D eigenvalue weighted by Gasteiger charge is 2.22. The van der Waals surface area contributed by atoms with Crippen LogP contribution in [0.4, 0.5) is 0 Å². The summed E-state index contributed by atoms with van der Waals surface area (Å²) in [6.07, 6.45) is 4.12. The van der Waals surface area contributed by atoms with E-state index in [9.17, 15) is 4.79 Å². The molecule has 0 aromatic carbocycles. The van der Waals surface area contributed by atoms with Gasteiger partial charge in [-0.05, 0) is 19.9 Å². The van der Waals surface area contributed by atoms with E-state index >= 15 is 0 Å². The number of nitrogens with zero attached hydrogens (tertiary/aromatic N) is 1. The zero-order chi connectivity index (χ0) is 9.68. The lowest BCUT2D eigenvalue weighted by atomic mass is 10.1. The topological polar surface area (TPSA) is 32.3 Å². The average molecular weight is 184 g/mol. The Balaban J connectivity index is 2.31. The van der Waals surface area contributed by atoms with E-state index in [2.05, 4.69) is 12.2 Å². The van der Waals surface area contributed by atoms with Crippen molar-refractivity contribution in [2.75, 3.05) is 20.1 Å². The average Bonchev–Trinajstić information content (AvgIpc) is 2.51. The first-order chi connectivity index (χ1) is 6.27. The second kappa shape index (κ2) is 5.22. The first-order valence-electron chi connectivity index (χ1n) is 5.23. The van der Waals surface area contributed by atoms with Crippen LogP contribution in [0.25, 0.3) is 0 Å². The summed E-state index contributed by atoms with van der Waals surface area (Å²) in [7, 11) is 1.97. The highest BCUT2D eigenvalue weighted by Crippen LogP contribution is 2.11. The lowest BCUT2D eigenvalue weighted by molar-refractivity contribution is -0.128. The van der Waals surface area contributed by atoms with E-state index < -0.39 is 0 Å². The van der Waals surface area contributed by atoms with Gasteiger partial charge in [0, 0.05) is 25.6 Å². The van der Waals surface area contributed by atoms with E-state index in [0.29, 0.717) is 11.9 Å². The Bertz CT molecular complexity index is 170. The fourth-order valence-electron chi connectivity index (χ4n) is 1.84. The maximum Gasteiger partial charge on any atom is 0.222 e. The molecule has 1 saturated heterocycles. The van der Waals surface area contributed by atoms with E-state index in [1.54, 1.807) is 0 Å². The van der Waals surface area contributed by atoms with Crippen molar-refractivity contribution < 1.29 is 4.79 Å². The van der Waals surface area contributed by atoms with Crippen LogP contribution in [0.1, 0.15) is 32.6 Å². The van der Waals surface area contributed by atoms with Crippen LogP contribution in [0.2, 0.25) is 0 Å². The van der Waals surface area contributed by atoms with E-state index in [0.717, 1.165) is 32.4 Å². The summed E-state index contributed by atoms with van der Waals surface area (Å²) in [5.74, 6) is 0.330. The molecule has 0 saturated carbocycles. The zero-order valence-electron chi connectivity index (χ0n) is 8.68. The summed E-state index contributed by atoms with van der Waals surface area (Å²) in [4.78, 5) is 13.3. The van der Waals surface area contributed by atoms with Crippen molar-refractivity contribution in [3.63, 3.8) is 0 Å². The van der Waals surface area contributed by atoms with Gasteiger partial charge in [0.05, 0.1) is 0 Å². The first kappa shape index (κ1) is 10.5. The number of rotatable bonds is 5. The molecule has 1 fully saturated rings. The predicted molar refractivity (Wildman–Crippen MR) is 53.6 cm³/mol. The Morgan fingerprint density at radius 3 is 2.85 bits per heavy atom. The molecule has 3 heteroatoms. The second-order valence-corrected chi connectivity index (χ2v) is 3.72. The molecule has 1 heterocycles. The Morgan fingerprint density at radius 1 is 1.62 bits per heavy atom. The van der Waals surface area contributed by atoms with Crippen LogP contribution in [0.5, 0.6) is 0 Å². The van der Waals surface area contributed by atoms with E-state index in [4.69, 9.17) is 0 Å². The predicted octanol–water partition coefficient (Wildman–Crippen LogP) is 0.997. The number of hydrogen-bond acceptors (Lipinski definition) is 2. The molecule has 0 aromatic heterocycles. The smallest absolute Gasteiger partial charge is 0.222 e. The Morgan fingerprint density at radius 2 is 2.38 bits per heavy atom. The Labute approximate surface area is 80.5 Å². The van der Waals surface area contributed by atoms with Crippen molar-refractivity contribution in [1.82, 2.24) is 10.2 Å². The van der Waals surface area contributed by atoms with Crippen LogP contribution in [-0.4, -0.2) is 37.0 Å². The van der Waals surface area contributed by atoms with Gasteiger partial charge >= 0.3 is 0 Å². The van der Waals surface area contributed by atoms with Crippen LogP contribution in [-0.2, 0) is 4.79 Å². The molecule has 1 rings (SSSR count). The lowest BCUT2D eigenvalue weighted by Gasteiger charge is -2.22. The molecule has 76 valence electrons. The Kier molecular flexibility index (Phi) is 4.22. The third kappa shape index (κ3) is 2.99. The quantitative estimate of drug-likeness (QED) is 0.691. The molecule has 0 spiro atoms. The van der Waals surface area contributed by atoms with Gasteiger partial charge in [-0.1, -0.05) is 13.3 Å². The van der Waals surface area contributed by atoms with Gasteiger partial charge in [0.15, 0.2) is 0 Å². The highest BCUT2D eigenvalue weighted by atomic mass is 16.2. The number of nitrogens with one attached hydrogen (secondary N) is 1. The van der Waals surface area contributed by atoms with Gasteiger partial charge in [-0.25, -0.2) is 0 Å². The standard InChI is InChI=1S/C10H20N2O/c1-3-5-9(11-2)8-12-7-4-6-10(12)13/h9,11H,3-8H2,1-2H3. The molecular formula is C10H20N2O. The van der Waals surface area contributed by atoms with Crippen molar-refractivity contribution in [2.24, 2.45) is 0 Å². The molecule has 1 unspecified atom stereocenters. The largest absolute Gasteiger partial charge is 0.341 e. The summed E-state index contributed by atoms with van der Waals surface area (Å²) >= 11 is 0. The zero-order valence-corrected chi connectivity index (χ0v) is 8.68. The molecular weight excluding hydrogens is 164 g/mol. The van der Waals surface area contributed by atoms with Crippen molar-refractivity contribution in [3.05, 3.63) is 0 Å². The fraction of sp³-hybridized carbons (Fsp3) is 0.900. The summed E-state index contributed by atoms with van der Waals surface area (Å²) in [5.41, 5.74) is 0. The molecule has 0 aromatic rings. The molecule has 1 aliphatic rings. The van der Waals surface area contributed by atoms with Gasteiger partial charge in [-0.15, -0.1) is 0 Å². The molecule has 0 bridgehead atoms. The maximum atomic E-state index is 11.3. The third-order valence-corrected chi connectivity index (χ3v) is 2.66. The van der Waals surface area contributed by atoms with Gasteiger partial charge in [0.1, 0.15) is 0 Å². The van der Waals surface area contributed by atoms with Crippen LogP contribution in [0, 0.1) is 0 Å². The van der Waals surface area contributed by atoms with Crippen molar-refractivity contribution in [2.45, 2.75) is 38.6 Å². The molecule has 13 heavy (non-hydrogen) atoms. The molecule has 0 radical (unpaired) electrons. The summed E-state index contributed by atoms with van der Waals surface area (Å²) in [6, 6.07) is 0.479. The van der Waals surface area contributed by atoms with Gasteiger partial charge in [-0.3, -0.25) is 4.79 Å². The molecule has 1 amide bonds. The fourth-order valence-corrected chi connectivity index (χ4v) is 1.84. The number of likely N-dealkylation sites (N-methyl/N-ethyl adjacent to an activating group) is 1.